The van der Waals surface area contributed by atoms with Gasteiger partial charge >= 0.3 is 5.97 Å². The summed E-state index contributed by atoms with van der Waals surface area (Å²) in [5.41, 5.74) is -0.958. The van der Waals surface area contributed by atoms with Crippen molar-refractivity contribution in [1.82, 2.24) is 0 Å². The molecule has 0 aromatic heterocycles. The van der Waals surface area contributed by atoms with Crippen LogP contribution in [0.3, 0.4) is 0 Å². The lowest BCUT2D eigenvalue weighted by molar-refractivity contribution is -0.141. The van der Waals surface area contributed by atoms with Crippen LogP contribution in [0.1, 0.15) is 45.4 Å². The minimum atomic E-state index is -0.958. The van der Waals surface area contributed by atoms with Crippen LogP contribution in [0.25, 0.3) is 0 Å². The Morgan fingerprint density at radius 2 is 2.08 bits per heavy atom. The van der Waals surface area contributed by atoms with E-state index in [1.165, 1.54) is 6.92 Å². The largest absolute Gasteiger partial charge is 0.466 e. The van der Waals surface area contributed by atoms with Gasteiger partial charge in [0.2, 0.25) is 0 Å². The molecule has 1 aliphatic carbocycles. The molecule has 0 aromatic carbocycles. The molecule has 0 radical (unpaired) electrons. The molecule has 0 unspecified atom stereocenters. The van der Waals surface area contributed by atoms with Gasteiger partial charge in [0.1, 0.15) is 5.67 Å². The Labute approximate surface area is 78.5 Å². The quantitative estimate of drug-likeness (QED) is 0.500. The van der Waals surface area contributed by atoms with Crippen LogP contribution in [0.5, 0.6) is 0 Å². The number of halogens is 1. The first-order chi connectivity index (χ1) is 6.12. The summed E-state index contributed by atoms with van der Waals surface area (Å²) >= 11 is 0. The van der Waals surface area contributed by atoms with E-state index in [1.807, 2.05) is 0 Å². The summed E-state index contributed by atoms with van der Waals surface area (Å²) in [5.74, 6) is -0.278. The van der Waals surface area contributed by atoms with Crippen molar-refractivity contribution in [3.63, 3.8) is 0 Å². The van der Waals surface area contributed by atoms with E-state index < -0.39 is 5.67 Å². The molecule has 0 aliphatic heterocycles. The third-order valence-corrected chi connectivity index (χ3v) is 2.57. The molecule has 0 atom stereocenters. The van der Waals surface area contributed by atoms with Gasteiger partial charge in [-0.25, -0.2) is 4.39 Å². The molecular formula is C10H17FO2. The molecule has 0 N–H and O–H groups in total. The van der Waals surface area contributed by atoms with E-state index in [0.717, 1.165) is 12.8 Å². The van der Waals surface area contributed by atoms with Crippen molar-refractivity contribution in [2.75, 3.05) is 6.61 Å². The highest BCUT2D eigenvalue weighted by Gasteiger charge is 2.32. The summed E-state index contributed by atoms with van der Waals surface area (Å²) in [6, 6.07) is 0. The van der Waals surface area contributed by atoms with Gasteiger partial charge in [-0.1, -0.05) is 12.8 Å². The van der Waals surface area contributed by atoms with E-state index in [1.54, 1.807) is 0 Å². The van der Waals surface area contributed by atoms with Crippen molar-refractivity contribution in [3.8, 4) is 0 Å². The highest BCUT2D eigenvalue weighted by molar-refractivity contribution is 5.65. The maximum Gasteiger partial charge on any atom is 0.302 e. The van der Waals surface area contributed by atoms with Crippen LogP contribution in [-0.2, 0) is 9.53 Å². The first-order valence-electron chi connectivity index (χ1n) is 4.95. The zero-order chi connectivity index (χ0) is 9.73. The molecule has 1 saturated carbocycles. The monoisotopic (exact) mass is 188 g/mol. The smallest absolute Gasteiger partial charge is 0.302 e. The maximum atomic E-state index is 13.7. The number of rotatable bonds is 4. The van der Waals surface area contributed by atoms with Gasteiger partial charge in [-0.3, -0.25) is 4.79 Å². The summed E-state index contributed by atoms with van der Waals surface area (Å²) < 4.78 is 18.4. The van der Waals surface area contributed by atoms with Gasteiger partial charge in [-0.05, 0) is 25.7 Å². The summed E-state index contributed by atoms with van der Waals surface area (Å²) in [4.78, 5) is 10.4. The number of ether oxygens (including phenoxy) is 1. The van der Waals surface area contributed by atoms with E-state index in [-0.39, 0.29) is 5.97 Å². The van der Waals surface area contributed by atoms with Crippen LogP contribution in [0.4, 0.5) is 4.39 Å². The Bertz CT molecular complexity index is 174. The summed E-state index contributed by atoms with van der Waals surface area (Å²) in [5, 5.41) is 0. The van der Waals surface area contributed by atoms with Gasteiger partial charge in [-0.15, -0.1) is 0 Å². The van der Waals surface area contributed by atoms with Crippen molar-refractivity contribution in [3.05, 3.63) is 0 Å². The first-order valence-corrected chi connectivity index (χ1v) is 4.95. The predicted molar refractivity (Wildman–Crippen MR) is 48.2 cm³/mol. The fraction of sp³-hybridized carbons (Fsp3) is 0.900. The summed E-state index contributed by atoms with van der Waals surface area (Å²) in [6.45, 7) is 1.74. The highest BCUT2D eigenvalue weighted by atomic mass is 19.1. The zero-order valence-electron chi connectivity index (χ0n) is 8.14. The molecule has 0 heterocycles. The fourth-order valence-corrected chi connectivity index (χ4v) is 1.86. The van der Waals surface area contributed by atoms with Crippen LogP contribution in [0.2, 0.25) is 0 Å². The molecule has 0 bridgehead atoms. The van der Waals surface area contributed by atoms with Gasteiger partial charge in [0, 0.05) is 6.92 Å². The molecule has 13 heavy (non-hydrogen) atoms. The van der Waals surface area contributed by atoms with Gasteiger partial charge in [0.05, 0.1) is 6.61 Å². The number of esters is 1. The Morgan fingerprint density at radius 1 is 1.46 bits per heavy atom. The van der Waals surface area contributed by atoms with Crippen LogP contribution in [-0.4, -0.2) is 18.2 Å². The van der Waals surface area contributed by atoms with Gasteiger partial charge in [0.25, 0.3) is 0 Å². The molecule has 76 valence electrons. The molecule has 0 spiro atoms. The minimum Gasteiger partial charge on any atom is -0.466 e. The molecule has 1 fully saturated rings. The number of hydrogen-bond acceptors (Lipinski definition) is 2. The summed E-state index contributed by atoms with van der Waals surface area (Å²) in [6.07, 6.45) is 4.57. The van der Waals surface area contributed by atoms with Crippen molar-refractivity contribution >= 4 is 5.97 Å². The number of carbonyl (C=O) groups is 1. The standard InChI is InChI=1S/C10H17FO2/c1-9(12)13-8-4-7-10(11)5-2-3-6-10/h2-8H2,1H3. The van der Waals surface area contributed by atoms with E-state index >= 15 is 0 Å². The third kappa shape index (κ3) is 3.75. The van der Waals surface area contributed by atoms with Gasteiger partial charge in [-0.2, -0.15) is 0 Å². The van der Waals surface area contributed by atoms with Crippen LogP contribution in [0, 0.1) is 0 Å². The van der Waals surface area contributed by atoms with Crippen molar-refractivity contribution < 1.29 is 13.9 Å². The molecule has 1 aliphatic rings. The number of carbonyl (C=O) groups excluding carboxylic acids is 1. The molecule has 0 saturated heterocycles. The topological polar surface area (TPSA) is 26.3 Å². The number of alkyl halides is 1. The Balaban J connectivity index is 2.07. The lowest BCUT2D eigenvalue weighted by Crippen LogP contribution is -2.18. The molecular weight excluding hydrogens is 171 g/mol. The molecule has 0 aromatic rings. The second-order valence-corrected chi connectivity index (χ2v) is 3.80. The third-order valence-electron chi connectivity index (χ3n) is 2.57. The SMILES string of the molecule is CC(=O)OCCCC1(F)CCCC1. The highest BCUT2D eigenvalue weighted by Crippen LogP contribution is 2.36. The van der Waals surface area contributed by atoms with Crippen LogP contribution >= 0.6 is 0 Å². The molecule has 3 heteroatoms. The second kappa shape index (κ2) is 4.58. The van der Waals surface area contributed by atoms with E-state index in [9.17, 15) is 9.18 Å². The van der Waals surface area contributed by atoms with Crippen LogP contribution in [0.15, 0.2) is 0 Å². The van der Waals surface area contributed by atoms with Crippen molar-refractivity contribution in [2.45, 2.75) is 51.1 Å². The zero-order valence-corrected chi connectivity index (χ0v) is 8.14. The lowest BCUT2D eigenvalue weighted by atomic mass is 9.98. The Kier molecular flexibility index (Phi) is 3.70. The molecule has 1 rings (SSSR count). The second-order valence-electron chi connectivity index (χ2n) is 3.80. The lowest BCUT2D eigenvalue weighted by Gasteiger charge is -2.18. The van der Waals surface area contributed by atoms with Crippen molar-refractivity contribution in [1.29, 1.82) is 0 Å². The maximum absolute atomic E-state index is 13.7. The van der Waals surface area contributed by atoms with E-state index in [0.29, 0.717) is 32.3 Å². The minimum absolute atomic E-state index is 0.278. The van der Waals surface area contributed by atoms with Gasteiger partial charge in [0.15, 0.2) is 0 Å². The van der Waals surface area contributed by atoms with E-state index in [4.69, 9.17) is 4.74 Å². The Morgan fingerprint density at radius 3 is 2.62 bits per heavy atom. The predicted octanol–water partition coefficient (Wildman–Crippen LogP) is 2.61. The first kappa shape index (κ1) is 10.5. The normalized spacial score (nSPS) is 20.2. The molecule has 2 nitrogen and oxygen atoms in total. The number of hydrogen-bond donors (Lipinski definition) is 0. The summed E-state index contributed by atoms with van der Waals surface area (Å²) in [7, 11) is 0. The fourth-order valence-electron chi connectivity index (χ4n) is 1.86. The Hall–Kier alpha value is -0.600. The van der Waals surface area contributed by atoms with E-state index in [2.05, 4.69) is 0 Å². The average Bonchev–Trinajstić information content (AvgIpc) is 2.47. The van der Waals surface area contributed by atoms with Gasteiger partial charge < -0.3 is 4.74 Å². The van der Waals surface area contributed by atoms with Crippen molar-refractivity contribution in [2.24, 2.45) is 0 Å². The van der Waals surface area contributed by atoms with Crippen LogP contribution < -0.4 is 0 Å². The molecule has 0 amide bonds. The average molecular weight is 188 g/mol.